The van der Waals surface area contributed by atoms with E-state index in [1.165, 1.54) is 0 Å². The van der Waals surface area contributed by atoms with Gasteiger partial charge in [0.05, 0.1) is 6.20 Å². The van der Waals surface area contributed by atoms with Crippen molar-refractivity contribution in [3.8, 4) is 5.75 Å². The van der Waals surface area contributed by atoms with Crippen LogP contribution in [-0.2, 0) is 11.3 Å². The Kier molecular flexibility index (Phi) is 4.54. The number of benzene rings is 1. The van der Waals surface area contributed by atoms with E-state index in [-0.39, 0.29) is 5.91 Å². The molecule has 128 valence electrons. The van der Waals surface area contributed by atoms with Gasteiger partial charge in [0, 0.05) is 36.8 Å². The van der Waals surface area contributed by atoms with Gasteiger partial charge >= 0.3 is 0 Å². The zero-order valence-electron chi connectivity index (χ0n) is 14.2. The second-order valence-electron chi connectivity index (χ2n) is 6.88. The first kappa shape index (κ1) is 16.8. The number of nitrogens with zero attached hydrogens (tertiary/aromatic N) is 3. The van der Waals surface area contributed by atoms with Crippen molar-refractivity contribution in [1.82, 2.24) is 14.7 Å². The molecule has 1 amide bonds. The standard InChI is InChI=1S/C18H22ClN3O2/c1-13-8-20-22(9-13)12-14-10-21(11-14)17(23)18(2,3)24-16-6-4-15(19)5-7-16/h4-9,14H,10-12H2,1-3H3. The maximum absolute atomic E-state index is 12.7. The molecule has 3 rings (SSSR count). The minimum Gasteiger partial charge on any atom is -0.478 e. The van der Waals surface area contributed by atoms with Crippen molar-refractivity contribution in [2.24, 2.45) is 5.92 Å². The summed E-state index contributed by atoms with van der Waals surface area (Å²) in [5.74, 6) is 1.09. The van der Waals surface area contributed by atoms with Gasteiger partial charge in [-0.15, -0.1) is 0 Å². The summed E-state index contributed by atoms with van der Waals surface area (Å²) in [5, 5.41) is 4.94. The van der Waals surface area contributed by atoms with Gasteiger partial charge in [0.1, 0.15) is 5.75 Å². The number of rotatable bonds is 5. The highest BCUT2D eigenvalue weighted by atomic mass is 35.5. The van der Waals surface area contributed by atoms with E-state index in [1.807, 2.05) is 28.9 Å². The summed E-state index contributed by atoms with van der Waals surface area (Å²) in [6, 6.07) is 7.05. The summed E-state index contributed by atoms with van der Waals surface area (Å²) in [5.41, 5.74) is 0.251. The van der Waals surface area contributed by atoms with Gasteiger partial charge in [-0.25, -0.2) is 0 Å². The predicted octanol–water partition coefficient (Wildman–Crippen LogP) is 3.16. The van der Waals surface area contributed by atoms with Gasteiger partial charge in [-0.2, -0.15) is 5.10 Å². The Morgan fingerprint density at radius 3 is 2.58 bits per heavy atom. The SMILES string of the molecule is Cc1cnn(CC2CN(C(=O)C(C)(C)Oc3ccc(Cl)cc3)C2)c1. The van der Waals surface area contributed by atoms with Gasteiger partial charge in [0.25, 0.3) is 5.91 Å². The van der Waals surface area contributed by atoms with E-state index < -0.39 is 5.60 Å². The number of hydrogen-bond donors (Lipinski definition) is 0. The Bertz CT molecular complexity index is 718. The lowest BCUT2D eigenvalue weighted by Crippen LogP contribution is -2.58. The first-order valence-corrected chi connectivity index (χ1v) is 8.44. The Balaban J connectivity index is 1.53. The van der Waals surface area contributed by atoms with Gasteiger partial charge < -0.3 is 9.64 Å². The highest BCUT2D eigenvalue weighted by Crippen LogP contribution is 2.26. The largest absolute Gasteiger partial charge is 0.478 e. The molecule has 0 saturated carbocycles. The molecule has 1 aliphatic heterocycles. The smallest absolute Gasteiger partial charge is 0.266 e. The van der Waals surface area contributed by atoms with E-state index in [0.29, 0.717) is 16.7 Å². The van der Waals surface area contributed by atoms with Crippen LogP contribution < -0.4 is 4.74 Å². The monoisotopic (exact) mass is 347 g/mol. The van der Waals surface area contributed by atoms with E-state index in [4.69, 9.17) is 16.3 Å². The third-order valence-corrected chi connectivity index (χ3v) is 4.41. The van der Waals surface area contributed by atoms with E-state index in [2.05, 4.69) is 5.10 Å². The number of carbonyl (C=O) groups is 1. The number of halogens is 1. The highest BCUT2D eigenvalue weighted by molar-refractivity contribution is 6.30. The second kappa shape index (κ2) is 6.48. The van der Waals surface area contributed by atoms with Crippen molar-refractivity contribution in [3.63, 3.8) is 0 Å². The van der Waals surface area contributed by atoms with Crippen LogP contribution in [0.5, 0.6) is 5.75 Å². The molecule has 0 atom stereocenters. The van der Waals surface area contributed by atoms with Crippen molar-refractivity contribution in [2.45, 2.75) is 32.9 Å². The van der Waals surface area contributed by atoms with E-state index >= 15 is 0 Å². The lowest BCUT2D eigenvalue weighted by molar-refractivity contribution is -0.152. The maximum Gasteiger partial charge on any atom is 0.266 e. The first-order chi connectivity index (χ1) is 11.3. The fraction of sp³-hybridized carbons (Fsp3) is 0.444. The molecule has 6 heteroatoms. The third kappa shape index (κ3) is 3.73. The van der Waals surface area contributed by atoms with Crippen LogP contribution in [0, 0.1) is 12.8 Å². The zero-order valence-corrected chi connectivity index (χ0v) is 15.0. The van der Waals surface area contributed by atoms with E-state index in [9.17, 15) is 4.79 Å². The molecular formula is C18H22ClN3O2. The molecular weight excluding hydrogens is 326 g/mol. The fourth-order valence-corrected chi connectivity index (χ4v) is 3.03. The summed E-state index contributed by atoms with van der Waals surface area (Å²) < 4.78 is 7.81. The van der Waals surface area contributed by atoms with Crippen LogP contribution in [0.3, 0.4) is 0 Å². The molecule has 0 N–H and O–H groups in total. The third-order valence-electron chi connectivity index (χ3n) is 4.15. The van der Waals surface area contributed by atoms with Gasteiger partial charge in [0.15, 0.2) is 5.60 Å². The minimum atomic E-state index is -0.902. The summed E-state index contributed by atoms with van der Waals surface area (Å²) in [4.78, 5) is 14.5. The molecule has 0 aliphatic carbocycles. The fourth-order valence-electron chi connectivity index (χ4n) is 2.90. The van der Waals surface area contributed by atoms with Gasteiger partial charge in [0.2, 0.25) is 0 Å². The number of hydrogen-bond acceptors (Lipinski definition) is 3. The molecule has 1 fully saturated rings. The second-order valence-corrected chi connectivity index (χ2v) is 7.32. The van der Waals surface area contributed by atoms with Crippen molar-refractivity contribution in [2.75, 3.05) is 13.1 Å². The number of amides is 1. The van der Waals surface area contributed by atoms with Gasteiger partial charge in [-0.1, -0.05) is 11.6 Å². The summed E-state index contributed by atoms with van der Waals surface area (Å²) in [6.45, 7) is 7.95. The van der Waals surface area contributed by atoms with Crippen LogP contribution in [-0.4, -0.2) is 39.3 Å². The molecule has 0 unspecified atom stereocenters. The summed E-state index contributed by atoms with van der Waals surface area (Å²) >= 11 is 5.87. The lowest BCUT2D eigenvalue weighted by atomic mass is 9.96. The average Bonchev–Trinajstić information content (AvgIpc) is 2.89. The zero-order chi connectivity index (χ0) is 17.3. The van der Waals surface area contributed by atoms with E-state index in [0.717, 1.165) is 25.2 Å². The van der Waals surface area contributed by atoms with Crippen molar-refractivity contribution in [3.05, 3.63) is 47.2 Å². The van der Waals surface area contributed by atoms with Gasteiger partial charge in [-0.05, 0) is 50.6 Å². The Morgan fingerprint density at radius 1 is 1.33 bits per heavy atom. The van der Waals surface area contributed by atoms with Crippen LogP contribution >= 0.6 is 11.6 Å². The van der Waals surface area contributed by atoms with Crippen molar-refractivity contribution >= 4 is 17.5 Å². The molecule has 1 aromatic carbocycles. The lowest BCUT2D eigenvalue weighted by Gasteiger charge is -2.42. The number of likely N-dealkylation sites (tertiary alicyclic amines) is 1. The van der Waals surface area contributed by atoms with Crippen LogP contribution in [0.15, 0.2) is 36.7 Å². The molecule has 24 heavy (non-hydrogen) atoms. The average molecular weight is 348 g/mol. The molecule has 2 aromatic rings. The molecule has 2 heterocycles. The topological polar surface area (TPSA) is 47.4 Å². The molecule has 0 bridgehead atoms. The first-order valence-electron chi connectivity index (χ1n) is 8.06. The van der Waals surface area contributed by atoms with Crippen molar-refractivity contribution in [1.29, 1.82) is 0 Å². The van der Waals surface area contributed by atoms with Crippen LogP contribution in [0.2, 0.25) is 5.02 Å². The summed E-state index contributed by atoms with van der Waals surface area (Å²) in [6.07, 6.45) is 3.88. The maximum atomic E-state index is 12.7. The minimum absolute atomic E-state index is 0.00495. The van der Waals surface area contributed by atoms with Crippen LogP contribution in [0.4, 0.5) is 0 Å². The molecule has 1 aromatic heterocycles. The number of aryl methyl sites for hydroxylation is 1. The summed E-state index contributed by atoms with van der Waals surface area (Å²) in [7, 11) is 0. The Hall–Kier alpha value is -2.01. The Morgan fingerprint density at radius 2 is 2.00 bits per heavy atom. The normalized spacial score (nSPS) is 15.2. The number of aromatic nitrogens is 2. The quantitative estimate of drug-likeness (QED) is 0.834. The number of ether oxygens (including phenoxy) is 1. The Labute approximate surface area is 147 Å². The van der Waals surface area contributed by atoms with Crippen LogP contribution in [0.25, 0.3) is 0 Å². The van der Waals surface area contributed by atoms with Crippen LogP contribution in [0.1, 0.15) is 19.4 Å². The molecule has 5 nitrogen and oxygen atoms in total. The predicted molar refractivity (Wildman–Crippen MR) is 93.2 cm³/mol. The van der Waals surface area contributed by atoms with Crippen molar-refractivity contribution < 1.29 is 9.53 Å². The van der Waals surface area contributed by atoms with E-state index in [1.54, 1.807) is 38.1 Å². The highest BCUT2D eigenvalue weighted by Gasteiger charge is 2.40. The molecule has 0 spiro atoms. The molecule has 1 aliphatic rings. The number of carbonyl (C=O) groups excluding carboxylic acids is 1. The molecule has 1 saturated heterocycles. The van der Waals surface area contributed by atoms with Gasteiger partial charge in [-0.3, -0.25) is 9.48 Å². The molecule has 0 radical (unpaired) electrons.